The Bertz CT molecular complexity index is 1920. The van der Waals surface area contributed by atoms with Gasteiger partial charge in [-0.1, -0.05) is 12.1 Å². The third kappa shape index (κ3) is 3.46. The largest absolute Gasteiger partial charge is 0.496 e. The number of methoxy groups -OCH3 is 2. The van der Waals surface area contributed by atoms with E-state index < -0.39 is 0 Å². The van der Waals surface area contributed by atoms with Crippen LogP contribution in [0.3, 0.4) is 0 Å². The van der Waals surface area contributed by atoms with Crippen LogP contribution in [0.4, 0.5) is 0 Å². The second kappa shape index (κ2) is 8.70. The summed E-state index contributed by atoms with van der Waals surface area (Å²) in [4.78, 5) is 25.7. The number of benzene rings is 3. The van der Waals surface area contributed by atoms with Gasteiger partial charge in [0.1, 0.15) is 23.1 Å². The summed E-state index contributed by atoms with van der Waals surface area (Å²) in [5.41, 5.74) is 6.94. The molecule has 2 N–H and O–H groups in total. The number of nitrogens with one attached hydrogen (secondary N) is 2. The molecule has 0 aliphatic heterocycles. The standard InChI is InChI=1S/C30H22N6O2/c1-37-23-16-20(24(38-2)15-17(23)11-12-25-33-21-9-3-4-10-22(21)34-25)30-35-28-18-7-5-13-31-26(18)27-19(29(28)36-30)8-6-14-32-27/h3-16H,1-2H3,(H,33,34)(H,35,36)/b12-11+. The second-order valence-corrected chi connectivity index (χ2v) is 8.88. The van der Waals surface area contributed by atoms with Crippen molar-refractivity contribution < 1.29 is 9.47 Å². The number of ether oxygens (including phenoxy) is 2. The summed E-state index contributed by atoms with van der Waals surface area (Å²) in [6.07, 6.45) is 7.45. The van der Waals surface area contributed by atoms with Crippen LogP contribution in [0.5, 0.6) is 11.5 Å². The van der Waals surface area contributed by atoms with Crippen molar-refractivity contribution in [3.8, 4) is 22.9 Å². The van der Waals surface area contributed by atoms with E-state index >= 15 is 0 Å². The molecule has 7 aromatic rings. The molecule has 0 aliphatic rings. The number of aromatic nitrogens is 6. The first-order chi connectivity index (χ1) is 18.7. The first-order valence-electron chi connectivity index (χ1n) is 12.1. The Morgan fingerprint density at radius 2 is 1.47 bits per heavy atom. The minimum atomic E-state index is 0.666. The fraction of sp³-hybridized carbons (Fsp3) is 0.0667. The fourth-order valence-corrected chi connectivity index (χ4v) is 4.93. The van der Waals surface area contributed by atoms with Crippen molar-refractivity contribution in [1.82, 2.24) is 29.9 Å². The van der Waals surface area contributed by atoms with Crippen molar-refractivity contribution in [3.05, 3.63) is 84.4 Å². The van der Waals surface area contributed by atoms with Crippen molar-refractivity contribution >= 4 is 56.0 Å². The maximum absolute atomic E-state index is 5.81. The predicted molar refractivity (Wildman–Crippen MR) is 150 cm³/mol. The zero-order chi connectivity index (χ0) is 25.6. The van der Waals surface area contributed by atoms with E-state index in [9.17, 15) is 0 Å². The molecule has 0 saturated carbocycles. The molecule has 0 saturated heterocycles. The number of imidazole rings is 2. The van der Waals surface area contributed by atoms with Crippen LogP contribution in [0.1, 0.15) is 11.4 Å². The smallest absolute Gasteiger partial charge is 0.142 e. The minimum absolute atomic E-state index is 0.666. The number of pyridine rings is 2. The molecule has 7 rings (SSSR count). The summed E-state index contributed by atoms with van der Waals surface area (Å²) in [5.74, 6) is 2.78. The Kier molecular flexibility index (Phi) is 5.04. The Morgan fingerprint density at radius 3 is 2.26 bits per heavy atom. The van der Waals surface area contributed by atoms with Crippen LogP contribution in [-0.2, 0) is 0 Å². The van der Waals surface area contributed by atoms with E-state index in [1.54, 1.807) is 26.6 Å². The Morgan fingerprint density at radius 1 is 0.711 bits per heavy atom. The lowest BCUT2D eigenvalue weighted by atomic mass is 10.1. The number of hydrogen-bond acceptors (Lipinski definition) is 6. The maximum atomic E-state index is 5.81. The first-order valence-corrected chi connectivity index (χ1v) is 12.1. The van der Waals surface area contributed by atoms with Gasteiger partial charge in [0, 0.05) is 28.7 Å². The minimum Gasteiger partial charge on any atom is -0.496 e. The summed E-state index contributed by atoms with van der Waals surface area (Å²) in [5, 5.41) is 1.90. The number of para-hydroxylation sites is 2. The van der Waals surface area contributed by atoms with Gasteiger partial charge in [-0.2, -0.15) is 0 Å². The average Bonchev–Trinajstić information content (AvgIpc) is 3.60. The summed E-state index contributed by atoms with van der Waals surface area (Å²) < 4.78 is 11.6. The summed E-state index contributed by atoms with van der Waals surface area (Å²) in [7, 11) is 3.31. The lowest BCUT2D eigenvalue weighted by Gasteiger charge is -2.12. The van der Waals surface area contributed by atoms with Crippen LogP contribution in [0.2, 0.25) is 0 Å². The zero-order valence-corrected chi connectivity index (χ0v) is 20.7. The van der Waals surface area contributed by atoms with Gasteiger partial charge in [0.05, 0.1) is 52.9 Å². The molecule has 8 nitrogen and oxygen atoms in total. The van der Waals surface area contributed by atoms with Gasteiger partial charge in [-0.3, -0.25) is 9.97 Å². The lowest BCUT2D eigenvalue weighted by Crippen LogP contribution is -1.94. The van der Waals surface area contributed by atoms with E-state index in [1.165, 1.54) is 0 Å². The normalized spacial score (nSPS) is 11.8. The third-order valence-electron chi connectivity index (χ3n) is 6.70. The first kappa shape index (κ1) is 22.0. The summed E-state index contributed by atoms with van der Waals surface area (Å²) in [6, 6.07) is 19.7. The van der Waals surface area contributed by atoms with Crippen LogP contribution < -0.4 is 9.47 Å². The topological polar surface area (TPSA) is 102 Å². The molecule has 0 unspecified atom stereocenters. The molecule has 0 atom stereocenters. The van der Waals surface area contributed by atoms with Gasteiger partial charge in [-0.15, -0.1) is 0 Å². The molecule has 0 bridgehead atoms. The molecule has 0 spiro atoms. The van der Waals surface area contributed by atoms with Crippen molar-refractivity contribution in [1.29, 1.82) is 0 Å². The van der Waals surface area contributed by atoms with Gasteiger partial charge in [-0.25, -0.2) is 9.97 Å². The van der Waals surface area contributed by atoms with E-state index in [0.29, 0.717) is 17.3 Å². The van der Waals surface area contributed by atoms with Gasteiger partial charge in [0.2, 0.25) is 0 Å². The molecule has 8 heteroatoms. The summed E-state index contributed by atoms with van der Waals surface area (Å²) >= 11 is 0. The molecule has 184 valence electrons. The van der Waals surface area contributed by atoms with Gasteiger partial charge >= 0.3 is 0 Å². The molecular weight excluding hydrogens is 476 g/mol. The highest BCUT2D eigenvalue weighted by Crippen LogP contribution is 2.39. The molecule has 0 fully saturated rings. The van der Waals surface area contributed by atoms with Crippen LogP contribution in [0, 0.1) is 0 Å². The molecule has 0 aliphatic carbocycles. The highest BCUT2D eigenvalue weighted by atomic mass is 16.5. The van der Waals surface area contributed by atoms with E-state index in [2.05, 4.69) is 24.9 Å². The molecule has 3 aromatic carbocycles. The molecule has 0 amide bonds. The number of hydrogen-bond donors (Lipinski definition) is 2. The van der Waals surface area contributed by atoms with Crippen LogP contribution in [0.25, 0.3) is 67.4 Å². The number of fused-ring (bicyclic) bond motifs is 7. The highest BCUT2D eigenvalue weighted by molar-refractivity contribution is 6.21. The van der Waals surface area contributed by atoms with Crippen molar-refractivity contribution in [3.63, 3.8) is 0 Å². The van der Waals surface area contributed by atoms with E-state index in [0.717, 1.165) is 60.8 Å². The van der Waals surface area contributed by atoms with Crippen LogP contribution >= 0.6 is 0 Å². The molecular formula is C30H22N6O2. The third-order valence-corrected chi connectivity index (χ3v) is 6.70. The predicted octanol–water partition coefficient (Wildman–Crippen LogP) is 6.39. The van der Waals surface area contributed by atoms with E-state index in [1.807, 2.05) is 72.8 Å². The quantitative estimate of drug-likeness (QED) is 0.267. The van der Waals surface area contributed by atoms with E-state index in [-0.39, 0.29) is 0 Å². The second-order valence-electron chi connectivity index (χ2n) is 8.88. The van der Waals surface area contributed by atoms with Gasteiger partial charge in [0.25, 0.3) is 0 Å². The van der Waals surface area contributed by atoms with Crippen LogP contribution in [-0.4, -0.2) is 44.1 Å². The lowest BCUT2D eigenvalue weighted by molar-refractivity contribution is 0.403. The molecule has 4 heterocycles. The fourth-order valence-electron chi connectivity index (χ4n) is 4.93. The Hall–Kier alpha value is -5.24. The molecule has 38 heavy (non-hydrogen) atoms. The number of H-pyrrole nitrogens is 2. The maximum Gasteiger partial charge on any atom is 0.142 e. The zero-order valence-electron chi connectivity index (χ0n) is 20.7. The number of aromatic amines is 2. The average molecular weight is 499 g/mol. The summed E-state index contributed by atoms with van der Waals surface area (Å²) in [6.45, 7) is 0. The highest BCUT2D eigenvalue weighted by Gasteiger charge is 2.19. The Balaban J connectivity index is 1.37. The van der Waals surface area contributed by atoms with Gasteiger partial charge in [-0.05, 0) is 60.7 Å². The van der Waals surface area contributed by atoms with Crippen molar-refractivity contribution in [2.75, 3.05) is 14.2 Å². The van der Waals surface area contributed by atoms with Crippen molar-refractivity contribution in [2.24, 2.45) is 0 Å². The number of rotatable bonds is 5. The monoisotopic (exact) mass is 498 g/mol. The van der Waals surface area contributed by atoms with Crippen LogP contribution in [0.15, 0.2) is 73.1 Å². The molecule has 0 radical (unpaired) electrons. The Labute approximate surface area is 217 Å². The van der Waals surface area contributed by atoms with Gasteiger partial charge < -0.3 is 19.4 Å². The van der Waals surface area contributed by atoms with E-state index in [4.69, 9.17) is 14.5 Å². The SMILES string of the molecule is COc1cc(-c2nc3c4cccnc4c4ncccc4c3[nH]2)c(OC)cc1/C=C/c1nc2ccccc2[nH]1. The van der Waals surface area contributed by atoms with Crippen molar-refractivity contribution in [2.45, 2.75) is 0 Å². The number of nitrogens with zero attached hydrogens (tertiary/aromatic N) is 4. The molecule has 4 aromatic heterocycles. The van der Waals surface area contributed by atoms with Gasteiger partial charge in [0.15, 0.2) is 0 Å².